The molecule has 0 N–H and O–H groups in total. The van der Waals surface area contributed by atoms with Crippen LogP contribution in [0.1, 0.15) is 50.7 Å². The van der Waals surface area contributed by atoms with Crippen molar-refractivity contribution in [1.29, 1.82) is 0 Å². The zero-order valence-electron chi connectivity index (χ0n) is 13.8. The fourth-order valence-corrected chi connectivity index (χ4v) is 2.83. The van der Waals surface area contributed by atoms with Gasteiger partial charge in [0, 0.05) is 12.8 Å². The van der Waals surface area contributed by atoms with Crippen LogP contribution < -0.4 is 0 Å². The van der Waals surface area contributed by atoms with Crippen LogP contribution in [0.3, 0.4) is 0 Å². The van der Waals surface area contributed by atoms with Crippen molar-refractivity contribution in [3.05, 3.63) is 60.2 Å². The first-order valence-electron chi connectivity index (χ1n) is 8.14. The van der Waals surface area contributed by atoms with Crippen molar-refractivity contribution in [3.63, 3.8) is 0 Å². The maximum atomic E-state index is 11.4. The summed E-state index contributed by atoms with van der Waals surface area (Å²) in [5, 5.41) is 0. The van der Waals surface area contributed by atoms with Gasteiger partial charge < -0.3 is 4.74 Å². The molecule has 0 aliphatic carbocycles. The molecule has 0 saturated carbocycles. The molecule has 2 rings (SSSR count). The highest BCUT2D eigenvalue weighted by Crippen LogP contribution is 2.37. The molecule has 1 saturated heterocycles. The molecule has 0 unspecified atom stereocenters. The lowest BCUT2D eigenvalue weighted by atomic mass is 9.89. The Bertz CT molecular complexity index is 631. The number of hydrogen-bond acceptors (Lipinski definition) is 2. The van der Waals surface area contributed by atoms with E-state index in [2.05, 4.69) is 37.1 Å². The summed E-state index contributed by atoms with van der Waals surface area (Å²) in [6.45, 7) is 9.97. The maximum absolute atomic E-state index is 11.4. The Morgan fingerprint density at radius 3 is 2.70 bits per heavy atom. The molecule has 0 radical (unpaired) electrons. The molecule has 2 nitrogen and oxygen atoms in total. The summed E-state index contributed by atoms with van der Waals surface area (Å²) in [5.74, 6) is 5.24. The second-order valence-corrected chi connectivity index (χ2v) is 5.90. The Labute approximate surface area is 139 Å². The highest BCUT2D eigenvalue weighted by Gasteiger charge is 2.28. The van der Waals surface area contributed by atoms with E-state index in [9.17, 15) is 4.79 Å². The number of hydrogen-bond donors (Lipinski definition) is 0. The number of benzene rings is 1. The standard InChI is InChI=1S/C21H24O2/c1-4-10-19(22)13-8-9-14-20-17(3)16(2)15-21(23-20)18-11-6-5-7-12-18/h5-7,11-12,20-21H,2-3,8-9,13-15H2,1H3/t20-,21-/m0/s1. The molecule has 0 amide bonds. The molecule has 2 heteroatoms. The second kappa shape index (κ2) is 8.50. The highest BCUT2D eigenvalue weighted by atomic mass is 16.5. The van der Waals surface area contributed by atoms with Crippen molar-refractivity contribution in [2.24, 2.45) is 0 Å². The van der Waals surface area contributed by atoms with Gasteiger partial charge in [-0.3, -0.25) is 4.79 Å². The first-order chi connectivity index (χ1) is 11.1. The average molecular weight is 308 g/mol. The Morgan fingerprint density at radius 2 is 2.00 bits per heavy atom. The molecule has 1 heterocycles. The summed E-state index contributed by atoms with van der Waals surface area (Å²) >= 11 is 0. The van der Waals surface area contributed by atoms with E-state index in [1.165, 1.54) is 5.56 Å². The number of carbonyl (C=O) groups is 1. The van der Waals surface area contributed by atoms with E-state index in [1.54, 1.807) is 6.92 Å². The lowest BCUT2D eigenvalue weighted by Gasteiger charge is -2.34. The molecule has 1 aliphatic heterocycles. The lowest BCUT2D eigenvalue weighted by molar-refractivity contribution is -0.114. The molecule has 120 valence electrons. The van der Waals surface area contributed by atoms with Crippen LogP contribution in [0.4, 0.5) is 0 Å². The number of unbranched alkanes of at least 4 members (excludes halogenated alkanes) is 1. The molecule has 1 aromatic carbocycles. The van der Waals surface area contributed by atoms with E-state index in [1.807, 2.05) is 18.2 Å². The Morgan fingerprint density at radius 1 is 1.26 bits per heavy atom. The van der Waals surface area contributed by atoms with E-state index in [0.717, 1.165) is 36.8 Å². The Kier molecular flexibility index (Phi) is 6.38. The number of ketones is 1. The van der Waals surface area contributed by atoms with Crippen LogP contribution in [0.5, 0.6) is 0 Å². The highest BCUT2D eigenvalue weighted by molar-refractivity contribution is 5.95. The van der Waals surface area contributed by atoms with E-state index >= 15 is 0 Å². The summed E-state index contributed by atoms with van der Waals surface area (Å²) in [5.41, 5.74) is 3.25. The SMILES string of the molecule is C=C1C[C@@H](c2ccccc2)O[C@@H](CCCCC(=O)C#CC)C1=C. The molecular formula is C21H24O2. The van der Waals surface area contributed by atoms with Gasteiger partial charge in [-0.15, -0.1) is 0 Å². The zero-order chi connectivity index (χ0) is 16.7. The molecule has 1 aromatic rings. The minimum absolute atomic E-state index is 0.00572. The first kappa shape index (κ1) is 17.2. The first-order valence-corrected chi connectivity index (χ1v) is 8.14. The van der Waals surface area contributed by atoms with E-state index < -0.39 is 0 Å². The minimum atomic E-state index is -0.00572. The maximum Gasteiger partial charge on any atom is 0.205 e. The monoisotopic (exact) mass is 308 g/mol. The summed E-state index contributed by atoms with van der Waals surface area (Å²) in [6.07, 6.45) is 3.99. The van der Waals surface area contributed by atoms with Gasteiger partial charge in [-0.05, 0) is 42.4 Å². The van der Waals surface area contributed by atoms with Gasteiger partial charge in [0.15, 0.2) is 0 Å². The van der Waals surface area contributed by atoms with Crippen LogP contribution in [0, 0.1) is 11.8 Å². The van der Waals surface area contributed by atoms with Crippen LogP contribution in [0.2, 0.25) is 0 Å². The number of rotatable bonds is 6. The number of ether oxygens (including phenoxy) is 1. The summed E-state index contributed by atoms with van der Waals surface area (Å²) < 4.78 is 6.24. The molecular weight excluding hydrogens is 284 g/mol. The van der Waals surface area contributed by atoms with E-state index in [0.29, 0.717) is 6.42 Å². The Hall–Kier alpha value is -2.11. The predicted octanol–water partition coefficient (Wildman–Crippen LogP) is 4.78. The molecule has 1 aliphatic rings. The van der Waals surface area contributed by atoms with Crippen LogP contribution in [0.15, 0.2) is 54.6 Å². The van der Waals surface area contributed by atoms with Crippen LogP contribution >= 0.6 is 0 Å². The fraction of sp³-hybridized carbons (Fsp3) is 0.381. The van der Waals surface area contributed by atoms with Gasteiger partial charge >= 0.3 is 0 Å². The normalized spacial score (nSPS) is 20.7. The van der Waals surface area contributed by atoms with Crippen LogP contribution in [0.25, 0.3) is 0 Å². The van der Waals surface area contributed by atoms with Crippen molar-refractivity contribution >= 4 is 5.78 Å². The third-order valence-corrected chi connectivity index (χ3v) is 4.16. The van der Waals surface area contributed by atoms with Crippen molar-refractivity contribution in [2.75, 3.05) is 0 Å². The van der Waals surface area contributed by atoms with Crippen LogP contribution in [-0.4, -0.2) is 11.9 Å². The second-order valence-electron chi connectivity index (χ2n) is 5.90. The fourth-order valence-electron chi connectivity index (χ4n) is 2.83. The number of Topliss-reactive ketones (excluding diaryl/α,β-unsaturated/α-hetero) is 1. The smallest absolute Gasteiger partial charge is 0.205 e. The third-order valence-electron chi connectivity index (χ3n) is 4.16. The molecule has 0 bridgehead atoms. The lowest BCUT2D eigenvalue weighted by Crippen LogP contribution is -2.26. The van der Waals surface area contributed by atoms with Gasteiger partial charge in [0.2, 0.25) is 5.78 Å². The molecule has 2 atom stereocenters. The summed E-state index contributed by atoms with van der Waals surface area (Å²) in [6, 6.07) is 10.2. The molecule has 23 heavy (non-hydrogen) atoms. The van der Waals surface area contributed by atoms with Crippen molar-refractivity contribution in [2.45, 2.75) is 51.2 Å². The zero-order valence-corrected chi connectivity index (χ0v) is 13.8. The van der Waals surface area contributed by atoms with Gasteiger partial charge in [-0.25, -0.2) is 0 Å². The largest absolute Gasteiger partial charge is 0.365 e. The van der Waals surface area contributed by atoms with E-state index in [4.69, 9.17) is 4.74 Å². The average Bonchev–Trinajstić information content (AvgIpc) is 2.56. The predicted molar refractivity (Wildman–Crippen MR) is 93.9 cm³/mol. The minimum Gasteiger partial charge on any atom is -0.365 e. The van der Waals surface area contributed by atoms with Gasteiger partial charge in [0.1, 0.15) is 0 Å². The van der Waals surface area contributed by atoms with Gasteiger partial charge in [-0.2, -0.15) is 0 Å². The summed E-state index contributed by atoms with van der Waals surface area (Å²) in [7, 11) is 0. The van der Waals surface area contributed by atoms with Gasteiger partial charge in [0.05, 0.1) is 12.2 Å². The van der Waals surface area contributed by atoms with Gasteiger partial charge in [0.25, 0.3) is 0 Å². The summed E-state index contributed by atoms with van der Waals surface area (Å²) in [4.78, 5) is 11.4. The van der Waals surface area contributed by atoms with Crippen LogP contribution in [-0.2, 0) is 9.53 Å². The van der Waals surface area contributed by atoms with Crippen molar-refractivity contribution in [1.82, 2.24) is 0 Å². The third kappa shape index (κ3) is 4.94. The number of carbonyl (C=O) groups excluding carboxylic acids is 1. The van der Waals surface area contributed by atoms with Gasteiger partial charge in [-0.1, -0.05) is 55.8 Å². The van der Waals surface area contributed by atoms with E-state index in [-0.39, 0.29) is 18.0 Å². The topological polar surface area (TPSA) is 26.3 Å². The quantitative estimate of drug-likeness (QED) is 0.429. The van der Waals surface area contributed by atoms with Crippen molar-refractivity contribution < 1.29 is 9.53 Å². The molecule has 0 spiro atoms. The molecule has 1 fully saturated rings. The van der Waals surface area contributed by atoms with Crippen molar-refractivity contribution in [3.8, 4) is 11.8 Å². The molecule has 0 aromatic heterocycles. The Balaban J connectivity index is 1.89.